The fourth-order valence-electron chi connectivity index (χ4n) is 12.2. The lowest BCUT2D eigenvalue weighted by Gasteiger charge is -2.27. The Kier molecular flexibility index (Phi) is 11.0. The van der Waals surface area contributed by atoms with Crippen molar-refractivity contribution in [2.24, 2.45) is 0 Å². The zero-order valence-corrected chi connectivity index (χ0v) is 42.9. The smallest absolute Gasteiger partial charge is 0.0561 e. The molecule has 368 valence electrons. The first-order valence-corrected chi connectivity index (χ1v) is 27.0. The summed E-state index contributed by atoms with van der Waals surface area (Å²) in [5, 5.41) is 9.82. The molecule has 0 saturated carbocycles. The van der Waals surface area contributed by atoms with Crippen LogP contribution in [0.3, 0.4) is 0 Å². The fraction of sp³-hybridized carbons (Fsp3) is 0.0270. The van der Waals surface area contributed by atoms with Crippen LogP contribution in [0.25, 0.3) is 82.1 Å². The molecule has 4 nitrogen and oxygen atoms in total. The van der Waals surface area contributed by atoms with Crippen molar-refractivity contribution >= 4 is 105 Å². The van der Waals surface area contributed by atoms with E-state index in [1.54, 1.807) is 0 Å². The number of anilines is 6. The van der Waals surface area contributed by atoms with Gasteiger partial charge in [-0.25, -0.2) is 0 Å². The molecule has 0 amide bonds. The summed E-state index contributed by atoms with van der Waals surface area (Å²) in [4.78, 5) is 4.81. The highest BCUT2D eigenvalue weighted by atomic mass is 15.2. The lowest BCUT2D eigenvalue weighted by Crippen LogP contribution is -2.10. The molecule has 1 unspecified atom stereocenters. The quantitative estimate of drug-likeness (QED) is 0.136. The Balaban J connectivity index is 0.741. The third kappa shape index (κ3) is 7.85. The van der Waals surface area contributed by atoms with E-state index in [1.807, 2.05) is 0 Å². The normalized spacial score (nSPS) is 13.5. The number of hydrogen-bond acceptors (Lipinski definition) is 2. The van der Waals surface area contributed by atoms with Crippen LogP contribution in [0, 0.1) is 0 Å². The van der Waals surface area contributed by atoms with E-state index in [4.69, 9.17) is 0 Å². The van der Waals surface area contributed by atoms with Gasteiger partial charge in [-0.15, -0.1) is 0 Å². The van der Waals surface area contributed by atoms with Gasteiger partial charge in [0, 0.05) is 73.0 Å². The van der Waals surface area contributed by atoms with E-state index in [0.717, 1.165) is 51.9 Å². The Hall–Kier alpha value is -10.2. The van der Waals surface area contributed by atoms with Crippen LogP contribution in [-0.4, -0.2) is 9.13 Å². The maximum absolute atomic E-state index is 2.41. The summed E-state index contributed by atoms with van der Waals surface area (Å²) < 4.78 is 4.78. The number of nitrogens with zero attached hydrogens (tertiary/aromatic N) is 4. The highest BCUT2D eigenvalue weighted by Crippen LogP contribution is 2.44. The molecule has 14 aromatic rings. The number of rotatable bonds is 10. The van der Waals surface area contributed by atoms with Crippen molar-refractivity contribution in [3.8, 4) is 11.4 Å². The Morgan fingerprint density at radius 1 is 0.308 bits per heavy atom. The molecular weight excluding hydrogens is 945 g/mol. The second-order valence-electron chi connectivity index (χ2n) is 20.5. The standard InChI is InChI=1S/C74H52N4/c1-3-19-59(20-4-1)77-72-26-14-12-24-68(72)70-49-65(44-46-73(70)77)75(63-41-35-51-15-7-9-17-57(51)47-63)61-37-31-55(32-38-61)53-27-29-54(30-28-53)56-33-39-62(40-34-56)76(64-42-36-52-16-8-10-18-58(52)48-64)66-43-45-69-67-23-11-13-25-71(67)78(74(69)50-66)60-21-5-2-6-22-60/h1-27,29-50,53H,28H2. The number of allylic oxidation sites excluding steroid dienone is 4. The first-order valence-electron chi connectivity index (χ1n) is 27.0. The number of para-hydroxylation sites is 4. The molecule has 0 saturated heterocycles. The fourth-order valence-corrected chi connectivity index (χ4v) is 12.2. The van der Waals surface area contributed by atoms with Gasteiger partial charge in [0.2, 0.25) is 0 Å². The van der Waals surface area contributed by atoms with Crippen LogP contribution in [0.5, 0.6) is 0 Å². The summed E-state index contributed by atoms with van der Waals surface area (Å²) in [5.74, 6) is 0.265. The Morgan fingerprint density at radius 2 is 0.744 bits per heavy atom. The zero-order valence-electron chi connectivity index (χ0n) is 42.9. The molecular formula is C74H52N4. The summed E-state index contributed by atoms with van der Waals surface area (Å²) in [6.45, 7) is 0. The zero-order chi connectivity index (χ0) is 51.5. The molecule has 0 spiro atoms. The molecule has 2 heterocycles. The van der Waals surface area contributed by atoms with E-state index < -0.39 is 0 Å². The Bertz CT molecular complexity index is 4640. The summed E-state index contributed by atoms with van der Waals surface area (Å²) in [7, 11) is 0. The van der Waals surface area contributed by atoms with E-state index in [9.17, 15) is 0 Å². The summed E-state index contributed by atoms with van der Waals surface area (Å²) >= 11 is 0. The molecule has 0 bridgehead atoms. The monoisotopic (exact) mass is 996 g/mol. The first kappa shape index (κ1) is 45.3. The summed E-state index contributed by atoms with van der Waals surface area (Å²) in [6, 6.07) is 102. The number of hydrogen-bond donors (Lipinski definition) is 0. The van der Waals surface area contributed by atoms with Crippen LogP contribution in [0.1, 0.15) is 23.5 Å². The minimum absolute atomic E-state index is 0.265. The molecule has 0 aliphatic heterocycles. The van der Waals surface area contributed by atoms with Crippen molar-refractivity contribution in [2.45, 2.75) is 12.3 Å². The van der Waals surface area contributed by atoms with Crippen molar-refractivity contribution in [3.05, 3.63) is 308 Å². The Labute approximate surface area is 453 Å². The SMILES string of the molecule is C1=CC(c2ccc(N(c3ccc4ccccc4c3)c3ccc4c(c3)c3ccccc3n4-c3ccccc3)cc2)CC=C1c1ccc(N(c2ccc3ccccc3c2)c2ccc3c4ccccc4n(-c4ccccc4)c3c2)cc1. The molecule has 12 aromatic carbocycles. The van der Waals surface area contributed by atoms with Gasteiger partial charge in [-0.1, -0.05) is 182 Å². The van der Waals surface area contributed by atoms with Gasteiger partial charge >= 0.3 is 0 Å². The second kappa shape index (κ2) is 18.9. The van der Waals surface area contributed by atoms with Crippen molar-refractivity contribution in [3.63, 3.8) is 0 Å². The third-order valence-corrected chi connectivity index (χ3v) is 16.0. The molecule has 2 aromatic heterocycles. The largest absolute Gasteiger partial charge is 0.310 e. The van der Waals surface area contributed by atoms with Crippen LogP contribution < -0.4 is 9.80 Å². The van der Waals surface area contributed by atoms with Gasteiger partial charge < -0.3 is 18.9 Å². The maximum Gasteiger partial charge on any atom is 0.0561 e. The van der Waals surface area contributed by atoms with Gasteiger partial charge in [0.05, 0.1) is 22.1 Å². The molecule has 1 atom stereocenters. The third-order valence-electron chi connectivity index (χ3n) is 16.0. The molecule has 0 N–H and O–H groups in total. The Morgan fingerprint density at radius 3 is 1.33 bits per heavy atom. The van der Waals surface area contributed by atoms with Crippen LogP contribution in [-0.2, 0) is 0 Å². The lowest BCUT2D eigenvalue weighted by atomic mass is 9.88. The first-order chi connectivity index (χ1) is 38.7. The van der Waals surface area contributed by atoms with Gasteiger partial charge in [-0.3, -0.25) is 0 Å². The van der Waals surface area contributed by atoms with Crippen LogP contribution in [0.15, 0.2) is 297 Å². The van der Waals surface area contributed by atoms with Crippen LogP contribution in [0.2, 0.25) is 0 Å². The summed E-state index contributed by atoms with van der Waals surface area (Å²) in [5.41, 5.74) is 17.5. The topological polar surface area (TPSA) is 16.3 Å². The summed E-state index contributed by atoms with van der Waals surface area (Å²) in [6.07, 6.45) is 8.03. The second-order valence-corrected chi connectivity index (χ2v) is 20.5. The predicted octanol–water partition coefficient (Wildman–Crippen LogP) is 20.3. The van der Waals surface area contributed by atoms with Crippen molar-refractivity contribution in [1.82, 2.24) is 9.13 Å². The van der Waals surface area contributed by atoms with Gasteiger partial charge in [0.25, 0.3) is 0 Å². The van der Waals surface area contributed by atoms with Gasteiger partial charge in [-0.05, 0) is 160 Å². The number of aromatic nitrogens is 2. The van der Waals surface area contributed by atoms with E-state index in [2.05, 4.69) is 316 Å². The van der Waals surface area contributed by atoms with E-state index in [0.29, 0.717) is 0 Å². The molecule has 1 aliphatic carbocycles. The molecule has 78 heavy (non-hydrogen) atoms. The molecule has 4 heteroatoms. The molecule has 0 fully saturated rings. The predicted molar refractivity (Wildman–Crippen MR) is 330 cm³/mol. The van der Waals surface area contributed by atoms with Crippen molar-refractivity contribution in [1.29, 1.82) is 0 Å². The van der Waals surface area contributed by atoms with Gasteiger partial charge in [0.1, 0.15) is 0 Å². The highest BCUT2D eigenvalue weighted by Gasteiger charge is 2.22. The average Bonchev–Trinajstić information content (AvgIpc) is 4.18. The van der Waals surface area contributed by atoms with Crippen LogP contribution in [0.4, 0.5) is 34.1 Å². The molecule has 15 rings (SSSR count). The number of benzene rings is 12. The van der Waals surface area contributed by atoms with Crippen LogP contribution >= 0.6 is 0 Å². The van der Waals surface area contributed by atoms with Gasteiger partial charge in [0.15, 0.2) is 0 Å². The highest BCUT2D eigenvalue weighted by molar-refractivity contribution is 6.12. The van der Waals surface area contributed by atoms with Crippen molar-refractivity contribution in [2.75, 3.05) is 9.80 Å². The minimum atomic E-state index is 0.265. The van der Waals surface area contributed by atoms with E-state index in [1.165, 1.54) is 81.9 Å². The number of fused-ring (bicyclic) bond motifs is 8. The van der Waals surface area contributed by atoms with E-state index in [-0.39, 0.29) is 5.92 Å². The van der Waals surface area contributed by atoms with E-state index >= 15 is 0 Å². The molecule has 1 aliphatic rings. The van der Waals surface area contributed by atoms with Gasteiger partial charge in [-0.2, -0.15) is 0 Å². The maximum atomic E-state index is 2.41. The minimum Gasteiger partial charge on any atom is -0.310 e. The average molecular weight is 997 g/mol. The lowest BCUT2D eigenvalue weighted by molar-refractivity contribution is 0.856. The molecule has 0 radical (unpaired) electrons. The van der Waals surface area contributed by atoms with Crippen molar-refractivity contribution < 1.29 is 0 Å².